The minimum absolute atomic E-state index is 0.0799. The number of phenolic OH excluding ortho intramolecular Hbond substituents is 3. The highest BCUT2D eigenvalue weighted by Gasteiger charge is 2.52. The van der Waals surface area contributed by atoms with Crippen LogP contribution in [0.3, 0.4) is 0 Å². The minimum atomic E-state index is -2.33. The Hall–Kier alpha value is -9.11. The second-order valence-electron chi connectivity index (χ2n) is 27.3. The number of amides is 7. The van der Waals surface area contributed by atoms with Crippen molar-refractivity contribution in [3.05, 3.63) is 145 Å². The Labute approximate surface area is 638 Å². The second kappa shape index (κ2) is 33.0. The van der Waals surface area contributed by atoms with Gasteiger partial charge in [0.05, 0.1) is 40.8 Å². The molecule has 18 atom stereocenters. The summed E-state index contributed by atoms with van der Waals surface area (Å²) >= 11 is 18.9. The maximum Gasteiger partial charge on any atom is 0.330 e. The number of carboxylic acids is 1. The maximum absolute atomic E-state index is 16.2. The third-order valence-electron chi connectivity index (χ3n) is 18.8. The van der Waals surface area contributed by atoms with Crippen LogP contribution in [0.4, 0.5) is 0 Å². The number of hydrogen-bond acceptors (Lipinski definition) is 25. The lowest BCUT2D eigenvalue weighted by Gasteiger charge is -2.47. The minimum Gasteiger partial charge on any atom is -0.508 e. The van der Waals surface area contributed by atoms with Crippen LogP contribution in [0.15, 0.2) is 112 Å². The average Bonchev–Trinajstić information content (AvgIpc) is 0.767. The number of thioether (sulfide) groups is 1. The van der Waals surface area contributed by atoms with Gasteiger partial charge in [0, 0.05) is 49.8 Å². The summed E-state index contributed by atoms with van der Waals surface area (Å²) in [6.07, 6.45) is -17.7. The molecule has 11 bridgehead atoms. The Kier molecular flexibility index (Phi) is 24.4. The van der Waals surface area contributed by atoms with Gasteiger partial charge in [0.25, 0.3) is 0 Å². The van der Waals surface area contributed by atoms with Gasteiger partial charge in [0.1, 0.15) is 83.4 Å². The number of nitrogens with one attached hydrogen (secondary N) is 7. The Morgan fingerprint density at radius 1 is 0.713 bits per heavy atom. The zero-order valence-corrected chi connectivity index (χ0v) is 61.9. The first-order valence-electron chi connectivity index (χ1n) is 33.8. The maximum atomic E-state index is 16.2. The first-order chi connectivity index (χ1) is 51.1. The van der Waals surface area contributed by atoms with Gasteiger partial charge < -0.3 is 123 Å². The number of aromatic hydroxyl groups is 3. The number of benzene rings is 6. The summed E-state index contributed by atoms with van der Waals surface area (Å²) in [4.78, 5) is 118. The van der Waals surface area contributed by atoms with E-state index in [1.54, 1.807) is 31.2 Å². The molecule has 20 N–H and O–H groups in total. The summed E-state index contributed by atoms with van der Waals surface area (Å²) in [6.45, 7) is 6.72. The van der Waals surface area contributed by atoms with Gasteiger partial charge in [-0.15, -0.1) is 11.8 Å². The van der Waals surface area contributed by atoms with E-state index in [4.69, 9.17) is 63.1 Å². The van der Waals surface area contributed by atoms with E-state index in [2.05, 4.69) is 53.1 Å². The lowest BCUT2D eigenvalue weighted by molar-refractivity contribution is -0.329. The van der Waals surface area contributed by atoms with Crippen molar-refractivity contribution in [1.29, 1.82) is 0 Å². The van der Waals surface area contributed by atoms with Crippen LogP contribution in [0.1, 0.15) is 105 Å². The van der Waals surface area contributed by atoms with Gasteiger partial charge in [-0.1, -0.05) is 71.2 Å². The predicted molar refractivity (Wildman–Crippen MR) is 387 cm³/mol. The molecule has 13 rings (SSSR count). The lowest BCUT2D eigenvalue weighted by Crippen LogP contribution is -2.64. The zero-order chi connectivity index (χ0) is 78.2. The van der Waals surface area contributed by atoms with Gasteiger partial charge >= 0.3 is 5.97 Å². The van der Waals surface area contributed by atoms with Crippen molar-refractivity contribution in [2.45, 2.75) is 161 Å². The third-order valence-corrected chi connectivity index (χ3v) is 21.0. The van der Waals surface area contributed by atoms with Gasteiger partial charge in [-0.05, 0) is 134 Å². The van der Waals surface area contributed by atoms with E-state index in [-0.39, 0.29) is 57.7 Å². The van der Waals surface area contributed by atoms with Crippen LogP contribution >= 0.6 is 50.9 Å². The summed E-state index contributed by atoms with van der Waals surface area (Å²) in [5.41, 5.74) is 8.27. The van der Waals surface area contributed by atoms with Crippen LogP contribution in [-0.2, 0) is 52.6 Å². The molecule has 11 unspecified atom stereocenters. The Bertz CT molecular complexity index is 4490. The van der Waals surface area contributed by atoms with Crippen molar-refractivity contribution in [2.24, 2.45) is 17.4 Å². The molecule has 0 radical (unpaired) electrons. The van der Waals surface area contributed by atoms with Crippen molar-refractivity contribution >= 4 is 98.2 Å². The highest BCUT2D eigenvalue weighted by atomic mass is 79.9. The number of hydrogen-bond donors (Lipinski definition) is 18. The smallest absolute Gasteiger partial charge is 0.330 e. The van der Waals surface area contributed by atoms with E-state index in [1.807, 2.05) is 13.8 Å². The molecular formula is C72H78BrCl2N9O23S. The zero-order valence-electron chi connectivity index (χ0n) is 58.0. The molecule has 0 aromatic heterocycles. The number of carboxylic acid groups (broad SMARTS) is 1. The van der Waals surface area contributed by atoms with Gasteiger partial charge in [-0.3, -0.25) is 33.6 Å². The lowest BCUT2D eigenvalue weighted by atomic mass is 9.86. The first-order valence-corrected chi connectivity index (χ1v) is 36.3. The fraction of sp³-hybridized carbons (Fsp3) is 0.389. The largest absolute Gasteiger partial charge is 0.508 e. The molecular weight excluding hydrogens is 1540 g/mol. The number of rotatable bonds is 15. The molecule has 7 aliphatic heterocycles. The fourth-order valence-corrected chi connectivity index (χ4v) is 14.9. The molecule has 0 saturated carbocycles. The van der Waals surface area contributed by atoms with E-state index in [1.165, 1.54) is 43.9 Å². The molecule has 2 saturated heterocycles. The summed E-state index contributed by atoms with van der Waals surface area (Å²) in [5, 5.41) is 122. The molecule has 108 heavy (non-hydrogen) atoms. The van der Waals surface area contributed by atoms with Crippen molar-refractivity contribution in [2.75, 3.05) is 12.8 Å². The van der Waals surface area contributed by atoms with Crippen molar-refractivity contribution in [3.63, 3.8) is 0 Å². The van der Waals surface area contributed by atoms with Gasteiger partial charge in [-0.25, -0.2) is 4.79 Å². The molecule has 7 heterocycles. The van der Waals surface area contributed by atoms with Crippen LogP contribution in [0.5, 0.6) is 46.0 Å². The summed E-state index contributed by atoms with van der Waals surface area (Å²) in [7, 11) is 1.48. The second-order valence-corrected chi connectivity index (χ2v) is 30.1. The van der Waals surface area contributed by atoms with E-state index in [9.17, 15) is 69.9 Å². The number of carbonyl (C=O) groups is 8. The number of carbonyl (C=O) groups excluding carboxylic acids is 7. The summed E-state index contributed by atoms with van der Waals surface area (Å²) in [5.74, 6) is -15.7. The molecule has 7 aliphatic rings. The molecule has 6 aromatic rings. The highest BCUT2D eigenvalue weighted by molar-refractivity contribution is 9.10. The van der Waals surface area contributed by atoms with E-state index in [0.717, 1.165) is 65.1 Å². The van der Waals surface area contributed by atoms with E-state index >= 15 is 14.4 Å². The number of likely N-dealkylation sites (N-methyl/N-ethyl adjacent to an activating group) is 1. The number of halogens is 3. The molecule has 2 fully saturated rings. The van der Waals surface area contributed by atoms with Crippen LogP contribution in [0.2, 0.25) is 10.0 Å². The quantitative estimate of drug-likeness (QED) is 0.0652. The number of primary amides is 1. The molecule has 7 amide bonds. The monoisotopic (exact) mass is 1620 g/mol. The molecule has 36 heteroatoms. The van der Waals surface area contributed by atoms with Crippen molar-refractivity contribution in [1.82, 2.24) is 37.2 Å². The number of aliphatic carboxylic acids is 1. The number of fused-ring (bicyclic) bond motifs is 15. The normalized spacial score (nSPS) is 28.3. The summed E-state index contributed by atoms with van der Waals surface area (Å²) in [6, 6.07) is 6.82. The van der Waals surface area contributed by atoms with Gasteiger partial charge in [-0.2, -0.15) is 0 Å². The SMILES string of the molecule is CN[C@H](CC(C)C)C(=O)N[C@H]1C(=O)N[C@@H](CC(N)=O)C(=O)NC2C(=O)NC3C(=O)N[C@H](C(=O)N[C@@H](C(=O)O)c4cc(O)cc(O)c4-c4cc3ccc4O)[C@H](O)c3ccc(c(Cl)c3)Oc3cc2cc(c3OC2OC(CSc3ccc(Br)cc3)C(O)C(O)C2OC2CC(C)(N)C(O)C(C)O2)Oc2ccc(cc2Cl)[C@H]1O. The predicted octanol–water partition coefficient (Wildman–Crippen LogP) is 3.67. The van der Waals surface area contributed by atoms with Crippen LogP contribution in [-0.4, -0.2) is 185 Å². The standard InChI is InChI=1S/C72H78BrCl2N9O23S/c1-27(2)16-40(78-5)64(94)83-55-57(89)30-7-14-44(38(74)18-30)103-46-20-32-21-47(61(46)107-71-62(106-50-25-72(4,77)63(93)28(3)102-50)60(92)59(91)48(105-71)26-108-35-11-9-33(73)10-12-35)104-45-15-8-31(19-39(45)75)58(90)56-69(99)82-54(70(100)101)37-22-34(85)23-43(87)51(37)36-17-29(6-13-42(36)86)52(66(96)84-56)81-67(97)53(32)80-65(95)41(24-49(76)88)79-68(55)98/h6-15,17-23,27-28,40-41,48,50,52-60,62-63,71,78,85-87,89-93H,16,24-26,77H2,1-5H3,(H2,76,88)(H,79,98)(H,80,95)(H,81,97)(H,82,99)(H,83,94)(H,84,96)(H,100,101)/t28?,40-,41+,48?,50?,52?,53?,54-,55-,56+,57-,58-,59?,60?,62?,63?,71?,72?/m1/s1. The number of nitrogens with two attached hydrogens (primary N) is 2. The number of aliphatic hydroxyl groups is 5. The number of phenols is 3. The molecule has 0 spiro atoms. The van der Waals surface area contributed by atoms with Crippen LogP contribution < -0.4 is 62.9 Å². The Morgan fingerprint density at radius 2 is 1.32 bits per heavy atom. The van der Waals surface area contributed by atoms with Gasteiger partial charge in [0.2, 0.25) is 53.4 Å². The van der Waals surface area contributed by atoms with Crippen molar-refractivity contribution < 1.29 is 113 Å². The highest BCUT2D eigenvalue weighted by Crippen LogP contribution is 2.50. The average molecular weight is 1620 g/mol. The van der Waals surface area contributed by atoms with Crippen LogP contribution in [0.25, 0.3) is 11.1 Å². The number of ether oxygens (including phenoxy) is 6. The van der Waals surface area contributed by atoms with E-state index in [0.29, 0.717) is 4.90 Å². The number of aliphatic hydroxyl groups excluding tert-OH is 5. The molecule has 576 valence electrons. The van der Waals surface area contributed by atoms with Crippen molar-refractivity contribution in [3.8, 4) is 57.1 Å². The van der Waals surface area contributed by atoms with E-state index < -0.39 is 225 Å². The van der Waals surface area contributed by atoms with Gasteiger partial charge in [0.15, 0.2) is 29.9 Å². The topological polar surface area (TPSA) is 510 Å². The first kappa shape index (κ1) is 79.9. The Balaban J connectivity index is 1.16. The fourth-order valence-electron chi connectivity index (χ4n) is 13.2. The summed E-state index contributed by atoms with van der Waals surface area (Å²) < 4.78 is 40.4. The Morgan fingerprint density at radius 3 is 1.93 bits per heavy atom. The molecule has 32 nitrogen and oxygen atoms in total. The third kappa shape index (κ3) is 17.5. The molecule has 0 aliphatic carbocycles. The molecule has 6 aromatic carbocycles. The van der Waals surface area contributed by atoms with Crippen LogP contribution in [0, 0.1) is 5.92 Å².